The van der Waals surface area contributed by atoms with Gasteiger partial charge in [0, 0.05) is 19.0 Å². The van der Waals surface area contributed by atoms with Crippen LogP contribution in [0.3, 0.4) is 0 Å². The molecule has 2 aliphatic rings. The minimum Gasteiger partial charge on any atom is -0.309 e. The standard InChI is InChI=1S/C18H15N5O/c1-23-15-10-6-5-9-13(15)17(18(23)24)22-21-16-11-14(19-20-16)12-7-3-2-4-8-12/h2-10,14H,11H2,1H3/b21-16+,22-17+/t14-/m1/s1. The Morgan fingerprint density at radius 1 is 1.04 bits per heavy atom. The highest BCUT2D eigenvalue weighted by Crippen LogP contribution is 2.29. The lowest BCUT2D eigenvalue weighted by Crippen LogP contribution is -2.25. The van der Waals surface area contributed by atoms with Crippen molar-refractivity contribution in [2.45, 2.75) is 12.5 Å². The predicted molar refractivity (Wildman–Crippen MR) is 92.5 cm³/mol. The molecule has 4 rings (SSSR count). The van der Waals surface area contributed by atoms with Crippen LogP contribution in [0.25, 0.3) is 0 Å². The summed E-state index contributed by atoms with van der Waals surface area (Å²) >= 11 is 0. The smallest absolute Gasteiger partial charge is 0.279 e. The van der Waals surface area contributed by atoms with Gasteiger partial charge in [-0.05, 0) is 11.6 Å². The average molecular weight is 317 g/mol. The molecule has 0 saturated carbocycles. The second kappa shape index (κ2) is 5.81. The van der Waals surface area contributed by atoms with Crippen molar-refractivity contribution in [3.05, 3.63) is 65.7 Å². The molecule has 0 spiro atoms. The van der Waals surface area contributed by atoms with Gasteiger partial charge in [-0.25, -0.2) is 0 Å². The van der Waals surface area contributed by atoms with Crippen molar-refractivity contribution in [1.82, 2.24) is 0 Å². The summed E-state index contributed by atoms with van der Waals surface area (Å²) in [6.45, 7) is 0. The van der Waals surface area contributed by atoms with Crippen LogP contribution in [0.1, 0.15) is 23.6 Å². The number of amides is 1. The van der Waals surface area contributed by atoms with Crippen LogP contribution < -0.4 is 4.90 Å². The van der Waals surface area contributed by atoms with Gasteiger partial charge in [0.25, 0.3) is 5.91 Å². The Morgan fingerprint density at radius 3 is 2.62 bits per heavy atom. The van der Waals surface area contributed by atoms with E-state index >= 15 is 0 Å². The fourth-order valence-electron chi connectivity index (χ4n) is 2.87. The van der Waals surface area contributed by atoms with Crippen LogP contribution in [0.5, 0.6) is 0 Å². The number of benzene rings is 2. The van der Waals surface area contributed by atoms with Crippen molar-refractivity contribution in [3.63, 3.8) is 0 Å². The third-order valence-corrected chi connectivity index (χ3v) is 4.17. The summed E-state index contributed by atoms with van der Waals surface area (Å²) in [5.74, 6) is 0.381. The highest BCUT2D eigenvalue weighted by Gasteiger charge is 2.31. The number of nitrogens with zero attached hydrogens (tertiary/aromatic N) is 5. The van der Waals surface area contributed by atoms with E-state index in [0.717, 1.165) is 16.8 Å². The fraction of sp³-hybridized carbons (Fsp3) is 0.167. The number of para-hydroxylation sites is 1. The molecule has 0 aromatic heterocycles. The van der Waals surface area contributed by atoms with E-state index in [1.807, 2.05) is 54.6 Å². The molecule has 2 heterocycles. The molecule has 0 fully saturated rings. The molecule has 1 atom stereocenters. The van der Waals surface area contributed by atoms with Crippen molar-refractivity contribution < 1.29 is 4.79 Å². The third kappa shape index (κ3) is 2.42. The zero-order chi connectivity index (χ0) is 16.5. The number of anilines is 1. The van der Waals surface area contributed by atoms with Gasteiger partial charge in [-0.1, -0.05) is 48.5 Å². The van der Waals surface area contributed by atoms with Crippen LogP contribution in [-0.4, -0.2) is 24.5 Å². The molecule has 2 aromatic rings. The molecule has 0 saturated heterocycles. The molecule has 118 valence electrons. The molecule has 6 heteroatoms. The Labute approximate surface area is 139 Å². The number of fused-ring (bicyclic) bond motifs is 1. The Bertz CT molecular complexity index is 885. The number of carbonyl (C=O) groups excluding carboxylic acids is 1. The first-order chi connectivity index (χ1) is 11.7. The summed E-state index contributed by atoms with van der Waals surface area (Å²) < 4.78 is 0. The number of hydrogen-bond donors (Lipinski definition) is 0. The van der Waals surface area contributed by atoms with Gasteiger partial charge in [-0.3, -0.25) is 4.79 Å². The third-order valence-electron chi connectivity index (χ3n) is 4.17. The molecule has 6 nitrogen and oxygen atoms in total. The van der Waals surface area contributed by atoms with E-state index in [2.05, 4.69) is 20.4 Å². The quantitative estimate of drug-likeness (QED) is 0.783. The molecular formula is C18H15N5O. The Kier molecular flexibility index (Phi) is 3.49. The van der Waals surface area contributed by atoms with Crippen molar-refractivity contribution in [1.29, 1.82) is 0 Å². The summed E-state index contributed by atoms with van der Waals surface area (Å²) in [5, 5.41) is 16.7. The number of carbonyl (C=O) groups is 1. The maximum atomic E-state index is 12.3. The van der Waals surface area contributed by atoms with E-state index < -0.39 is 0 Å². The Balaban J connectivity index is 1.59. The molecular weight excluding hydrogens is 302 g/mol. The molecule has 0 unspecified atom stereocenters. The zero-order valence-electron chi connectivity index (χ0n) is 13.1. The highest BCUT2D eigenvalue weighted by molar-refractivity contribution is 6.54. The van der Waals surface area contributed by atoms with E-state index in [1.54, 1.807) is 11.9 Å². The number of rotatable bonds is 2. The van der Waals surface area contributed by atoms with E-state index in [4.69, 9.17) is 0 Å². The van der Waals surface area contributed by atoms with Gasteiger partial charge in [0.05, 0.1) is 5.69 Å². The van der Waals surface area contributed by atoms with Gasteiger partial charge in [0.15, 0.2) is 11.5 Å². The van der Waals surface area contributed by atoms with Gasteiger partial charge < -0.3 is 4.90 Å². The molecule has 0 radical (unpaired) electrons. The second-order valence-corrected chi connectivity index (χ2v) is 5.69. The highest BCUT2D eigenvalue weighted by atomic mass is 16.2. The van der Waals surface area contributed by atoms with Crippen LogP contribution in [0, 0.1) is 0 Å². The Hall–Kier alpha value is -3.15. The first-order valence-electron chi connectivity index (χ1n) is 7.72. The maximum absolute atomic E-state index is 12.3. The molecule has 2 aromatic carbocycles. The normalized spacial score (nSPS) is 22.6. The summed E-state index contributed by atoms with van der Waals surface area (Å²) in [5.41, 5.74) is 3.08. The minimum absolute atomic E-state index is 0.0283. The minimum atomic E-state index is -0.157. The van der Waals surface area contributed by atoms with Gasteiger partial charge >= 0.3 is 0 Å². The van der Waals surface area contributed by atoms with Gasteiger partial charge in [0.2, 0.25) is 0 Å². The monoisotopic (exact) mass is 317 g/mol. The van der Waals surface area contributed by atoms with E-state index in [1.165, 1.54) is 0 Å². The first kappa shape index (κ1) is 14.4. The lowest BCUT2D eigenvalue weighted by Gasteiger charge is -2.07. The van der Waals surface area contributed by atoms with Gasteiger partial charge in [-0.15, -0.1) is 15.3 Å². The van der Waals surface area contributed by atoms with Crippen molar-refractivity contribution in [2.75, 3.05) is 11.9 Å². The van der Waals surface area contributed by atoms with Crippen LogP contribution in [0.15, 0.2) is 75.0 Å². The molecule has 1 amide bonds. The summed E-state index contributed by atoms with van der Waals surface area (Å²) in [7, 11) is 1.73. The number of amidine groups is 1. The van der Waals surface area contributed by atoms with Crippen LogP contribution >= 0.6 is 0 Å². The lowest BCUT2D eigenvalue weighted by molar-refractivity contribution is -0.111. The van der Waals surface area contributed by atoms with Crippen LogP contribution in [0.4, 0.5) is 5.69 Å². The largest absolute Gasteiger partial charge is 0.309 e. The molecule has 24 heavy (non-hydrogen) atoms. The van der Waals surface area contributed by atoms with Crippen LogP contribution in [-0.2, 0) is 4.79 Å². The molecule has 0 aliphatic carbocycles. The molecule has 2 aliphatic heterocycles. The van der Waals surface area contributed by atoms with E-state index in [0.29, 0.717) is 18.0 Å². The number of hydrogen-bond acceptors (Lipinski definition) is 4. The van der Waals surface area contributed by atoms with Crippen LogP contribution in [0.2, 0.25) is 0 Å². The number of likely N-dealkylation sites (N-methyl/N-ethyl adjacent to an activating group) is 1. The maximum Gasteiger partial charge on any atom is 0.279 e. The van der Waals surface area contributed by atoms with Gasteiger partial charge in [0.1, 0.15) is 6.04 Å². The SMILES string of the molecule is CN1C(=O)/C(=N/N=C2\C[C@H](c3ccccc3)N=N2)c2ccccc21. The van der Waals surface area contributed by atoms with Crippen molar-refractivity contribution in [3.8, 4) is 0 Å². The van der Waals surface area contributed by atoms with E-state index in [9.17, 15) is 4.79 Å². The van der Waals surface area contributed by atoms with Crippen molar-refractivity contribution >= 4 is 23.1 Å². The first-order valence-corrected chi connectivity index (χ1v) is 7.72. The summed E-state index contributed by atoms with van der Waals surface area (Å²) in [4.78, 5) is 13.9. The summed E-state index contributed by atoms with van der Waals surface area (Å²) in [6.07, 6.45) is 0.590. The molecule has 0 N–H and O–H groups in total. The topological polar surface area (TPSA) is 69.8 Å². The summed E-state index contributed by atoms with van der Waals surface area (Å²) in [6, 6.07) is 17.5. The second-order valence-electron chi connectivity index (χ2n) is 5.69. The fourth-order valence-corrected chi connectivity index (χ4v) is 2.87. The van der Waals surface area contributed by atoms with Crippen molar-refractivity contribution in [2.24, 2.45) is 20.4 Å². The lowest BCUT2D eigenvalue weighted by atomic mass is 10.1. The van der Waals surface area contributed by atoms with Gasteiger partial charge in [-0.2, -0.15) is 5.11 Å². The molecule has 0 bridgehead atoms. The number of azo groups is 1. The average Bonchev–Trinajstić information content (AvgIpc) is 3.19. The zero-order valence-corrected chi connectivity index (χ0v) is 13.1. The Morgan fingerprint density at radius 2 is 1.79 bits per heavy atom. The van der Waals surface area contributed by atoms with E-state index in [-0.39, 0.29) is 11.9 Å². The predicted octanol–water partition coefficient (Wildman–Crippen LogP) is 3.36.